The number of aromatic nitrogens is 2. The maximum absolute atomic E-state index is 12.6. The van der Waals surface area contributed by atoms with Crippen LogP contribution in [0.4, 0.5) is 11.5 Å². The van der Waals surface area contributed by atoms with Crippen LogP contribution in [0.1, 0.15) is 27.0 Å². The number of hydrogen-bond donors (Lipinski definition) is 1. The molecular weight excluding hydrogens is 456 g/mol. The molecule has 0 saturated carbocycles. The Morgan fingerprint density at radius 1 is 1.09 bits per heavy atom. The van der Waals surface area contributed by atoms with Gasteiger partial charge < -0.3 is 10.1 Å². The van der Waals surface area contributed by atoms with Crippen molar-refractivity contribution in [1.82, 2.24) is 9.78 Å². The van der Waals surface area contributed by atoms with Crippen molar-refractivity contribution >= 4 is 29.0 Å². The van der Waals surface area contributed by atoms with Crippen molar-refractivity contribution in [2.45, 2.75) is 20.1 Å². The molecule has 0 aliphatic carbocycles. The molecule has 0 fully saturated rings. The summed E-state index contributed by atoms with van der Waals surface area (Å²) in [7, 11) is 0. The zero-order valence-corrected chi connectivity index (χ0v) is 19.0. The molecule has 0 aliphatic rings. The molecule has 1 aromatic heterocycles. The summed E-state index contributed by atoms with van der Waals surface area (Å²) in [6.45, 7) is 2.86. The van der Waals surface area contributed by atoms with Crippen molar-refractivity contribution in [2.24, 2.45) is 0 Å². The quantitative estimate of drug-likeness (QED) is 0.262. The fourth-order valence-corrected chi connectivity index (χ4v) is 3.57. The summed E-state index contributed by atoms with van der Waals surface area (Å²) >= 11 is 6.05. The van der Waals surface area contributed by atoms with Gasteiger partial charge in [0.05, 0.1) is 16.5 Å². The number of benzene rings is 3. The molecule has 3 aromatic carbocycles. The number of non-ortho nitro benzene ring substituents is 1. The molecule has 34 heavy (non-hydrogen) atoms. The smallest absolute Gasteiger partial charge is 0.271 e. The van der Waals surface area contributed by atoms with E-state index in [1.807, 2.05) is 31.3 Å². The Morgan fingerprint density at radius 3 is 2.59 bits per heavy atom. The highest BCUT2D eigenvalue weighted by molar-refractivity contribution is 6.32. The van der Waals surface area contributed by atoms with Crippen LogP contribution >= 0.6 is 11.6 Å². The summed E-state index contributed by atoms with van der Waals surface area (Å²) < 4.78 is 7.42. The van der Waals surface area contributed by atoms with Crippen LogP contribution in [0.15, 0.2) is 79.0 Å². The Hall–Kier alpha value is -4.17. The van der Waals surface area contributed by atoms with E-state index in [9.17, 15) is 14.9 Å². The lowest BCUT2D eigenvalue weighted by Gasteiger charge is -2.09. The average molecular weight is 477 g/mol. The third-order valence-corrected chi connectivity index (χ3v) is 5.34. The Balaban J connectivity index is 1.33. The van der Waals surface area contributed by atoms with Gasteiger partial charge in [-0.05, 0) is 36.2 Å². The minimum absolute atomic E-state index is 0.104. The zero-order chi connectivity index (χ0) is 24.1. The van der Waals surface area contributed by atoms with E-state index in [0.717, 1.165) is 11.1 Å². The number of halogens is 1. The van der Waals surface area contributed by atoms with E-state index in [4.69, 9.17) is 16.3 Å². The Kier molecular flexibility index (Phi) is 6.89. The van der Waals surface area contributed by atoms with Crippen LogP contribution in [0.3, 0.4) is 0 Å². The fraction of sp³-hybridized carbons (Fsp3) is 0.120. The van der Waals surface area contributed by atoms with E-state index in [-0.39, 0.29) is 23.2 Å². The summed E-state index contributed by atoms with van der Waals surface area (Å²) in [6, 6.07) is 20.9. The maximum atomic E-state index is 12.6. The lowest BCUT2D eigenvalue weighted by Crippen LogP contribution is -2.13. The summed E-state index contributed by atoms with van der Waals surface area (Å²) in [5, 5.41) is 18.2. The van der Waals surface area contributed by atoms with Gasteiger partial charge in [0.25, 0.3) is 11.6 Å². The van der Waals surface area contributed by atoms with Crippen molar-refractivity contribution in [3.8, 4) is 5.75 Å². The van der Waals surface area contributed by atoms with Crippen molar-refractivity contribution < 1.29 is 14.5 Å². The van der Waals surface area contributed by atoms with Crippen LogP contribution in [-0.2, 0) is 13.2 Å². The van der Waals surface area contributed by atoms with E-state index < -0.39 is 4.92 Å². The van der Waals surface area contributed by atoms with Gasteiger partial charge in [0.15, 0.2) is 5.82 Å². The summed E-state index contributed by atoms with van der Waals surface area (Å²) in [6.07, 6.45) is 1.82. The first-order chi connectivity index (χ1) is 16.4. The Morgan fingerprint density at radius 2 is 1.88 bits per heavy atom. The lowest BCUT2D eigenvalue weighted by atomic mass is 10.1. The number of nitrogens with zero attached hydrogens (tertiary/aromatic N) is 3. The molecule has 9 heteroatoms. The van der Waals surface area contributed by atoms with Crippen LogP contribution in [0.2, 0.25) is 5.02 Å². The van der Waals surface area contributed by atoms with Gasteiger partial charge in [-0.2, -0.15) is 5.10 Å². The first kappa shape index (κ1) is 23.0. The van der Waals surface area contributed by atoms with Crippen LogP contribution in [0.5, 0.6) is 5.75 Å². The van der Waals surface area contributed by atoms with E-state index in [2.05, 4.69) is 16.5 Å². The number of ether oxygens (including phenoxy) is 1. The number of hydrogen-bond acceptors (Lipinski definition) is 5. The monoisotopic (exact) mass is 476 g/mol. The minimum atomic E-state index is -0.520. The molecule has 0 radical (unpaired) electrons. The minimum Gasteiger partial charge on any atom is -0.487 e. The maximum Gasteiger partial charge on any atom is 0.271 e. The van der Waals surface area contributed by atoms with Gasteiger partial charge in [-0.15, -0.1) is 0 Å². The van der Waals surface area contributed by atoms with Gasteiger partial charge in [0.2, 0.25) is 0 Å². The van der Waals surface area contributed by atoms with Gasteiger partial charge in [-0.3, -0.25) is 19.6 Å². The number of rotatable bonds is 8. The molecule has 0 unspecified atom stereocenters. The summed E-state index contributed by atoms with van der Waals surface area (Å²) in [5.41, 5.74) is 3.50. The fourth-order valence-electron chi connectivity index (χ4n) is 3.34. The second kappa shape index (κ2) is 10.2. The van der Waals surface area contributed by atoms with Gasteiger partial charge >= 0.3 is 0 Å². The molecule has 0 spiro atoms. The summed E-state index contributed by atoms with van der Waals surface area (Å²) in [5.74, 6) is 0.542. The molecule has 4 rings (SSSR count). The first-order valence-electron chi connectivity index (χ1n) is 10.4. The third kappa shape index (κ3) is 5.79. The predicted octanol–water partition coefficient (Wildman–Crippen LogP) is 5.63. The number of anilines is 1. The molecule has 0 bridgehead atoms. The number of carbonyl (C=O) groups excluding carboxylic acids is 1. The number of nitro benzene ring substituents is 1. The number of nitro groups is 1. The molecule has 0 saturated heterocycles. The second-order valence-electron chi connectivity index (χ2n) is 7.70. The molecule has 1 heterocycles. The molecule has 8 nitrogen and oxygen atoms in total. The molecule has 172 valence electrons. The number of carbonyl (C=O) groups is 1. The highest BCUT2D eigenvalue weighted by Crippen LogP contribution is 2.29. The van der Waals surface area contributed by atoms with E-state index in [1.54, 1.807) is 35.0 Å². The normalized spacial score (nSPS) is 10.6. The van der Waals surface area contributed by atoms with E-state index in [0.29, 0.717) is 23.7 Å². The van der Waals surface area contributed by atoms with Crippen LogP contribution in [0.25, 0.3) is 0 Å². The highest BCUT2D eigenvalue weighted by Gasteiger charge is 2.11. The number of amides is 1. The van der Waals surface area contributed by atoms with Crippen molar-refractivity contribution in [3.63, 3.8) is 0 Å². The van der Waals surface area contributed by atoms with Gasteiger partial charge in [-0.1, -0.05) is 53.6 Å². The van der Waals surface area contributed by atoms with Gasteiger partial charge in [0, 0.05) is 30.0 Å². The third-order valence-electron chi connectivity index (χ3n) is 5.05. The Labute approximate surface area is 200 Å². The van der Waals surface area contributed by atoms with Crippen molar-refractivity contribution in [3.05, 3.63) is 116 Å². The zero-order valence-electron chi connectivity index (χ0n) is 18.3. The predicted molar refractivity (Wildman–Crippen MR) is 129 cm³/mol. The van der Waals surface area contributed by atoms with Crippen LogP contribution < -0.4 is 10.1 Å². The molecule has 4 aromatic rings. The van der Waals surface area contributed by atoms with Crippen LogP contribution in [-0.4, -0.2) is 20.6 Å². The molecule has 0 atom stereocenters. The topological polar surface area (TPSA) is 99.3 Å². The van der Waals surface area contributed by atoms with Crippen molar-refractivity contribution in [2.75, 3.05) is 5.32 Å². The van der Waals surface area contributed by atoms with Gasteiger partial charge in [0.1, 0.15) is 12.4 Å². The Bertz CT molecular complexity index is 1340. The van der Waals surface area contributed by atoms with E-state index in [1.165, 1.54) is 23.8 Å². The number of nitrogens with one attached hydrogen (secondary N) is 1. The highest BCUT2D eigenvalue weighted by atomic mass is 35.5. The summed E-state index contributed by atoms with van der Waals surface area (Å²) in [4.78, 5) is 22.9. The van der Waals surface area contributed by atoms with Crippen LogP contribution in [0, 0.1) is 17.0 Å². The largest absolute Gasteiger partial charge is 0.487 e. The SMILES string of the molecule is Cc1cccc(Cn2ccc(NC(=O)c3ccc(COc4ccc([N+](=O)[O-])cc4Cl)cc3)n2)c1. The molecule has 1 amide bonds. The van der Waals surface area contributed by atoms with Gasteiger partial charge in [-0.25, -0.2) is 0 Å². The average Bonchev–Trinajstić information content (AvgIpc) is 3.25. The molecular formula is C25H21ClN4O4. The molecule has 0 aliphatic heterocycles. The standard InChI is InChI=1S/C25H21ClN4O4/c1-17-3-2-4-19(13-17)15-29-12-11-24(28-29)27-25(31)20-7-5-18(6-8-20)16-34-23-10-9-21(30(32)33)14-22(23)26/h2-14H,15-16H2,1H3,(H,27,28,31). The molecule has 1 N–H and O–H groups in total. The van der Waals surface area contributed by atoms with E-state index >= 15 is 0 Å². The lowest BCUT2D eigenvalue weighted by molar-refractivity contribution is -0.384. The second-order valence-corrected chi connectivity index (χ2v) is 8.11. The van der Waals surface area contributed by atoms with Crippen molar-refractivity contribution in [1.29, 1.82) is 0 Å². The number of aryl methyl sites for hydroxylation is 1. The first-order valence-corrected chi connectivity index (χ1v) is 10.8.